The fourth-order valence-corrected chi connectivity index (χ4v) is 2.82. The molecule has 0 atom stereocenters. The number of nitrogens with zero attached hydrogens (tertiary/aromatic N) is 1. The minimum atomic E-state index is -4.80. The monoisotopic (exact) mass is 437 g/mol. The third-order valence-corrected chi connectivity index (χ3v) is 4.17. The molecule has 0 fully saturated rings. The van der Waals surface area contributed by atoms with E-state index in [4.69, 9.17) is 0 Å². The SMILES string of the molecule is CC(C)CNC(=O)c1ccccc1NC(=O)CN(C)Cc1ccccc1OC(F)(F)F. The van der Waals surface area contributed by atoms with Gasteiger partial charge in [-0.25, -0.2) is 0 Å². The predicted octanol–water partition coefficient (Wildman–Crippen LogP) is 4.04. The van der Waals surface area contributed by atoms with Gasteiger partial charge in [-0.15, -0.1) is 13.2 Å². The van der Waals surface area contributed by atoms with Crippen molar-refractivity contribution in [1.82, 2.24) is 10.2 Å². The molecule has 0 bridgehead atoms. The van der Waals surface area contributed by atoms with Gasteiger partial charge in [-0.1, -0.05) is 44.2 Å². The zero-order valence-electron chi connectivity index (χ0n) is 17.6. The number of anilines is 1. The topological polar surface area (TPSA) is 70.7 Å². The molecule has 0 aliphatic heterocycles. The second kappa shape index (κ2) is 10.8. The van der Waals surface area contributed by atoms with Crippen LogP contribution in [0.4, 0.5) is 18.9 Å². The average molecular weight is 437 g/mol. The third kappa shape index (κ3) is 8.29. The molecule has 2 amide bonds. The number of alkyl halides is 3. The molecule has 0 aliphatic rings. The summed E-state index contributed by atoms with van der Waals surface area (Å²) >= 11 is 0. The summed E-state index contributed by atoms with van der Waals surface area (Å²) in [7, 11) is 1.60. The number of nitrogens with one attached hydrogen (secondary N) is 2. The summed E-state index contributed by atoms with van der Waals surface area (Å²) in [5.74, 6) is -0.727. The number of rotatable bonds is 9. The Hall–Kier alpha value is -3.07. The summed E-state index contributed by atoms with van der Waals surface area (Å²) in [4.78, 5) is 26.4. The van der Waals surface area contributed by atoms with Gasteiger partial charge in [-0.2, -0.15) is 0 Å². The minimum absolute atomic E-state index is 0.0657. The third-order valence-electron chi connectivity index (χ3n) is 4.17. The molecule has 0 aliphatic carbocycles. The first-order valence-corrected chi connectivity index (χ1v) is 9.74. The number of carbonyl (C=O) groups excluding carboxylic acids is 2. The summed E-state index contributed by atoms with van der Waals surface area (Å²) in [5, 5.41) is 5.50. The first-order chi connectivity index (χ1) is 14.5. The molecular weight excluding hydrogens is 411 g/mol. The van der Waals surface area contributed by atoms with Crippen molar-refractivity contribution in [3.8, 4) is 5.75 Å². The molecule has 168 valence electrons. The first kappa shape index (κ1) is 24.2. The molecule has 0 saturated heterocycles. The van der Waals surface area contributed by atoms with E-state index in [-0.39, 0.29) is 30.7 Å². The van der Waals surface area contributed by atoms with Gasteiger partial charge in [0.1, 0.15) is 5.75 Å². The molecule has 0 saturated carbocycles. The smallest absolute Gasteiger partial charge is 0.405 e. The maximum atomic E-state index is 12.6. The van der Waals surface area contributed by atoms with Crippen LogP contribution in [0.15, 0.2) is 48.5 Å². The molecule has 2 N–H and O–H groups in total. The van der Waals surface area contributed by atoms with Crippen molar-refractivity contribution in [3.63, 3.8) is 0 Å². The van der Waals surface area contributed by atoms with Crippen molar-refractivity contribution in [2.24, 2.45) is 5.92 Å². The van der Waals surface area contributed by atoms with Crippen LogP contribution >= 0.6 is 0 Å². The van der Waals surface area contributed by atoms with Crippen LogP contribution in [0, 0.1) is 5.92 Å². The number of benzene rings is 2. The molecule has 6 nitrogen and oxygen atoms in total. The molecular formula is C22H26F3N3O3. The lowest BCUT2D eigenvalue weighted by Crippen LogP contribution is -2.32. The van der Waals surface area contributed by atoms with Crippen LogP contribution < -0.4 is 15.4 Å². The van der Waals surface area contributed by atoms with Crippen LogP contribution in [0.5, 0.6) is 5.75 Å². The number of para-hydroxylation sites is 2. The van der Waals surface area contributed by atoms with Crippen molar-refractivity contribution in [3.05, 3.63) is 59.7 Å². The van der Waals surface area contributed by atoms with Gasteiger partial charge < -0.3 is 15.4 Å². The van der Waals surface area contributed by atoms with E-state index in [1.807, 2.05) is 13.8 Å². The first-order valence-electron chi connectivity index (χ1n) is 9.74. The summed E-state index contributed by atoms with van der Waals surface area (Å²) < 4.78 is 41.8. The molecule has 0 unspecified atom stereocenters. The Morgan fingerprint density at radius 1 is 1.06 bits per heavy atom. The summed E-state index contributed by atoms with van der Waals surface area (Å²) in [5.41, 5.74) is 0.995. The zero-order chi connectivity index (χ0) is 23.0. The van der Waals surface area contributed by atoms with Crippen LogP contribution in [-0.4, -0.2) is 43.2 Å². The normalized spacial score (nSPS) is 11.5. The van der Waals surface area contributed by atoms with Gasteiger partial charge in [0, 0.05) is 18.7 Å². The highest BCUT2D eigenvalue weighted by molar-refractivity contribution is 6.04. The van der Waals surface area contributed by atoms with E-state index < -0.39 is 12.3 Å². The van der Waals surface area contributed by atoms with E-state index in [9.17, 15) is 22.8 Å². The Bertz CT molecular complexity index is 901. The van der Waals surface area contributed by atoms with E-state index in [1.165, 1.54) is 18.2 Å². The molecule has 0 aromatic heterocycles. The van der Waals surface area contributed by atoms with Crippen LogP contribution in [0.25, 0.3) is 0 Å². The van der Waals surface area contributed by atoms with Crippen molar-refractivity contribution in [2.75, 3.05) is 25.5 Å². The predicted molar refractivity (Wildman–Crippen MR) is 112 cm³/mol. The Kier molecular flexibility index (Phi) is 8.44. The largest absolute Gasteiger partial charge is 0.573 e. The van der Waals surface area contributed by atoms with Gasteiger partial charge in [-0.05, 0) is 31.2 Å². The van der Waals surface area contributed by atoms with Crippen molar-refractivity contribution in [2.45, 2.75) is 26.8 Å². The fraction of sp³-hybridized carbons (Fsp3) is 0.364. The maximum absolute atomic E-state index is 12.6. The van der Waals surface area contributed by atoms with E-state index in [1.54, 1.807) is 42.3 Å². The second-order valence-electron chi connectivity index (χ2n) is 7.53. The summed E-state index contributed by atoms with van der Waals surface area (Å²) in [6.07, 6.45) is -4.80. The van der Waals surface area contributed by atoms with Gasteiger partial charge in [0.15, 0.2) is 0 Å². The minimum Gasteiger partial charge on any atom is -0.405 e. The lowest BCUT2D eigenvalue weighted by Gasteiger charge is -2.19. The van der Waals surface area contributed by atoms with Crippen LogP contribution in [0.1, 0.15) is 29.8 Å². The van der Waals surface area contributed by atoms with Crippen molar-refractivity contribution >= 4 is 17.5 Å². The fourth-order valence-electron chi connectivity index (χ4n) is 2.82. The van der Waals surface area contributed by atoms with Gasteiger partial charge in [0.25, 0.3) is 5.91 Å². The lowest BCUT2D eigenvalue weighted by atomic mass is 10.1. The Morgan fingerprint density at radius 2 is 1.71 bits per heavy atom. The van der Waals surface area contributed by atoms with Crippen LogP contribution in [-0.2, 0) is 11.3 Å². The molecule has 2 aromatic rings. The number of likely N-dealkylation sites (N-methyl/N-ethyl adjacent to an activating group) is 1. The zero-order valence-corrected chi connectivity index (χ0v) is 17.6. The van der Waals surface area contributed by atoms with Crippen LogP contribution in [0.2, 0.25) is 0 Å². The lowest BCUT2D eigenvalue weighted by molar-refractivity contribution is -0.275. The Labute approximate surface area is 179 Å². The van der Waals surface area contributed by atoms with Crippen molar-refractivity contribution < 1.29 is 27.5 Å². The molecule has 2 aromatic carbocycles. The standard InChI is InChI=1S/C22H26F3N3O3/c1-15(2)12-26-21(30)17-9-5-6-10-18(17)27-20(29)14-28(3)13-16-8-4-7-11-19(16)31-22(23,24)25/h4-11,15H,12-14H2,1-3H3,(H,26,30)(H,27,29). The molecule has 0 heterocycles. The Morgan fingerprint density at radius 3 is 2.39 bits per heavy atom. The van der Waals surface area contributed by atoms with Gasteiger partial charge >= 0.3 is 6.36 Å². The number of hydrogen-bond acceptors (Lipinski definition) is 4. The summed E-state index contributed by atoms with van der Waals surface area (Å²) in [6.45, 7) is 4.42. The number of carbonyl (C=O) groups is 2. The van der Waals surface area contributed by atoms with Gasteiger partial charge in [0.2, 0.25) is 5.91 Å². The van der Waals surface area contributed by atoms with Gasteiger partial charge in [0.05, 0.1) is 17.8 Å². The van der Waals surface area contributed by atoms with Gasteiger partial charge in [-0.3, -0.25) is 14.5 Å². The quantitative estimate of drug-likeness (QED) is 0.621. The van der Waals surface area contributed by atoms with Crippen molar-refractivity contribution in [1.29, 1.82) is 0 Å². The number of halogens is 3. The maximum Gasteiger partial charge on any atom is 0.573 e. The molecule has 0 spiro atoms. The van der Waals surface area contributed by atoms with E-state index in [0.29, 0.717) is 23.4 Å². The molecule has 2 rings (SSSR count). The molecule has 9 heteroatoms. The Balaban J connectivity index is 2.01. The average Bonchev–Trinajstić information content (AvgIpc) is 2.66. The van der Waals surface area contributed by atoms with E-state index >= 15 is 0 Å². The molecule has 31 heavy (non-hydrogen) atoms. The highest BCUT2D eigenvalue weighted by atomic mass is 19.4. The summed E-state index contributed by atoms with van der Waals surface area (Å²) in [6, 6.07) is 12.4. The highest BCUT2D eigenvalue weighted by Crippen LogP contribution is 2.27. The highest BCUT2D eigenvalue weighted by Gasteiger charge is 2.32. The number of hydrogen-bond donors (Lipinski definition) is 2. The number of amides is 2. The number of ether oxygens (including phenoxy) is 1. The van der Waals surface area contributed by atoms with Crippen LogP contribution in [0.3, 0.4) is 0 Å². The second-order valence-corrected chi connectivity index (χ2v) is 7.53. The van der Waals surface area contributed by atoms with E-state index in [0.717, 1.165) is 0 Å². The van der Waals surface area contributed by atoms with E-state index in [2.05, 4.69) is 15.4 Å². The molecule has 0 radical (unpaired) electrons.